The van der Waals surface area contributed by atoms with Crippen molar-refractivity contribution in [3.8, 4) is 0 Å². The highest BCUT2D eigenvalue weighted by Gasteiger charge is 2.08. The number of halogens is 1. The molecule has 0 spiro atoms. The lowest BCUT2D eigenvalue weighted by Gasteiger charge is -2.15. The normalized spacial score (nSPS) is 12.6. The second-order valence-corrected chi connectivity index (χ2v) is 6.00. The molecule has 0 aromatic heterocycles. The lowest BCUT2D eigenvalue weighted by Crippen LogP contribution is -1.97. The van der Waals surface area contributed by atoms with Gasteiger partial charge in [0.15, 0.2) is 0 Å². The molecule has 0 bridgehead atoms. The Labute approximate surface area is 124 Å². The first-order chi connectivity index (χ1) is 9.27. The van der Waals surface area contributed by atoms with E-state index in [0.29, 0.717) is 5.92 Å². The van der Waals surface area contributed by atoms with Gasteiger partial charge >= 0.3 is 0 Å². The molecule has 19 heavy (non-hydrogen) atoms. The first-order valence-electron chi connectivity index (χ1n) is 8.03. The number of hydrogen-bond donors (Lipinski definition) is 0. The van der Waals surface area contributed by atoms with Crippen molar-refractivity contribution in [2.45, 2.75) is 77.6 Å². The van der Waals surface area contributed by atoms with Gasteiger partial charge in [-0.1, -0.05) is 82.5 Å². The van der Waals surface area contributed by atoms with Gasteiger partial charge in [0.2, 0.25) is 0 Å². The number of hydrogen-bond acceptors (Lipinski definition) is 0. The Morgan fingerprint density at radius 3 is 2.00 bits per heavy atom. The van der Waals surface area contributed by atoms with Gasteiger partial charge in [0, 0.05) is 5.02 Å². The molecular formula is C18H29Cl. The van der Waals surface area contributed by atoms with Crippen LogP contribution in [0.2, 0.25) is 5.02 Å². The van der Waals surface area contributed by atoms with Crippen molar-refractivity contribution in [3.63, 3.8) is 0 Å². The summed E-state index contributed by atoms with van der Waals surface area (Å²) in [6.45, 7) is 4.57. The summed E-state index contributed by atoms with van der Waals surface area (Å²) in [5.41, 5.74) is 1.46. The summed E-state index contributed by atoms with van der Waals surface area (Å²) in [7, 11) is 0. The SMILES string of the molecule is CCCCCCCCCC(CC)c1ccc(Cl)cc1. The van der Waals surface area contributed by atoms with Gasteiger partial charge in [0.1, 0.15) is 0 Å². The Morgan fingerprint density at radius 2 is 1.42 bits per heavy atom. The molecule has 1 atom stereocenters. The lowest BCUT2D eigenvalue weighted by molar-refractivity contribution is 0.525. The fourth-order valence-electron chi connectivity index (χ4n) is 2.69. The maximum Gasteiger partial charge on any atom is 0.0406 e. The maximum absolute atomic E-state index is 5.95. The van der Waals surface area contributed by atoms with Crippen molar-refractivity contribution >= 4 is 11.6 Å². The van der Waals surface area contributed by atoms with Gasteiger partial charge in [-0.15, -0.1) is 0 Å². The third-order valence-electron chi connectivity index (χ3n) is 3.99. The second-order valence-electron chi connectivity index (χ2n) is 5.57. The molecular weight excluding hydrogens is 252 g/mol. The van der Waals surface area contributed by atoms with E-state index >= 15 is 0 Å². The molecule has 0 nitrogen and oxygen atoms in total. The van der Waals surface area contributed by atoms with Crippen LogP contribution in [0.1, 0.15) is 83.1 Å². The van der Waals surface area contributed by atoms with Gasteiger partial charge < -0.3 is 0 Å². The van der Waals surface area contributed by atoms with Gasteiger partial charge in [-0.25, -0.2) is 0 Å². The van der Waals surface area contributed by atoms with Crippen LogP contribution in [-0.4, -0.2) is 0 Å². The first-order valence-corrected chi connectivity index (χ1v) is 8.41. The molecule has 1 heteroatoms. The minimum absolute atomic E-state index is 0.716. The summed E-state index contributed by atoms with van der Waals surface area (Å²) >= 11 is 5.95. The monoisotopic (exact) mass is 280 g/mol. The van der Waals surface area contributed by atoms with Crippen LogP contribution in [0.25, 0.3) is 0 Å². The third-order valence-corrected chi connectivity index (χ3v) is 4.24. The van der Waals surface area contributed by atoms with E-state index in [1.165, 1.54) is 63.4 Å². The van der Waals surface area contributed by atoms with Gasteiger partial charge in [-0.3, -0.25) is 0 Å². The van der Waals surface area contributed by atoms with Gasteiger partial charge in [-0.2, -0.15) is 0 Å². The van der Waals surface area contributed by atoms with Crippen LogP contribution in [-0.2, 0) is 0 Å². The summed E-state index contributed by atoms with van der Waals surface area (Å²) in [4.78, 5) is 0. The molecule has 0 heterocycles. The smallest absolute Gasteiger partial charge is 0.0406 e. The van der Waals surface area contributed by atoms with Gasteiger partial charge in [-0.05, 0) is 36.5 Å². The Hall–Kier alpha value is -0.490. The van der Waals surface area contributed by atoms with Crippen LogP contribution < -0.4 is 0 Å². The largest absolute Gasteiger partial charge is 0.0843 e. The Bertz CT molecular complexity index is 315. The van der Waals surface area contributed by atoms with Crippen LogP contribution in [0.5, 0.6) is 0 Å². The molecule has 0 saturated heterocycles. The van der Waals surface area contributed by atoms with E-state index in [9.17, 15) is 0 Å². The molecule has 1 rings (SSSR count). The van der Waals surface area contributed by atoms with E-state index < -0.39 is 0 Å². The third kappa shape index (κ3) is 7.01. The molecule has 0 fully saturated rings. The van der Waals surface area contributed by atoms with Crippen molar-refractivity contribution in [1.29, 1.82) is 0 Å². The number of rotatable bonds is 10. The summed E-state index contributed by atoms with van der Waals surface area (Å²) in [6.07, 6.45) is 12.3. The molecule has 1 aromatic carbocycles. The fraction of sp³-hybridized carbons (Fsp3) is 0.667. The zero-order valence-corrected chi connectivity index (χ0v) is 13.4. The molecule has 0 aliphatic carbocycles. The lowest BCUT2D eigenvalue weighted by atomic mass is 9.91. The molecule has 0 radical (unpaired) electrons. The maximum atomic E-state index is 5.95. The fourth-order valence-corrected chi connectivity index (χ4v) is 2.82. The molecule has 108 valence electrons. The summed E-state index contributed by atoms with van der Waals surface area (Å²) in [6, 6.07) is 8.42. The standard InChI is InChI=1S/C18H29Cl/c1-3-5-6-7-8-9-10-11-16(4-2)17-12-14-18(19)15-13-17/h12-16H,3-11H2,1-2H3. The van der Waals surface area contributed by atoms with E-state index in [2.05, 4.69) is 26.0 Å². The molecule has 0 amide bonds. The van der Waals surface area contributed by atoms with E-state index in [-0.39, 0.29) is 0 Å². The summed E-state index contributed by atoms with van der Waals surface area (Å²) < 4.78 is 0. The second kappa shape index (κ2) is 10.3. The van der Waals surface area contributed by atoms with Crippen molar-refractivity contribution < 1.29 is 0 Å². The average Bonchev–Trinajstić information content (AvgIpc) is 2.43. The predicted octanol–water partition coefficient (Wildman–Crippen LogP) is 6.97. The quantitative estimate of drug-likeness (QED) is 0.406. The molecule has 0 aliphatic heterocycles. The summed E-state index contributed by atoms with van der Waals surface area (Å²) in [5, 5.41) is 0.842. The number of benzene rings is 1. The van der Waals surface area contributed by atoms with Crippen LogP contribution in [0.4, 0.5) is 0 Å². The van der Waals surface area contributed by atoms with Gasteiger partial charge in [0.25, 0.3) is 0 Å². The van der Waals surface area contributed by atoms with Crippen molar-refractivity contribution in [1.82, 2.24) is 0 Å². The van der Waals surface area contributed by atoms with Crippen LogP contribution in [0.15, 0.2) is 24.3 Å². The van der Waals surface area contributed by atoms with Crippen molar-refractivity contribution in [2.24, 2.45) is 0 Å². The van der Waals surface area contributed by atoms with Gasteiger partial charge in [0.05, 0.1) is 0 Å². The Morgan fingerprint density at radius 1 is 0.842 bits per heavy atom. The van der Waals surface area contributed by atoms with E-state index in [1.54, 1.807) is 0 Å². The highest BCUT2D eigenvalue weighted by molar-refractivity contribution is 6.30. The molecule has 0 saturated carbocycles. The van der Waals surface area contributed by atoms with Crippen molar-refractivity contribution in [2.75, 3.05) is 0 Å². The van der Waals surface area contributed by atoms with Crippen LogP contribution >= 0.6 is 11.6 Å². The minimum atomic E-state index is 0.716. The first kappa shape index (κ1) is 16.6. The van der Waals surface area contributed by atoms with E-state index in [0.717, 1.165) is 5.02 Å². The zero-order valence-electron chi connectivity index (χ0n) is 12.6. The Kier molecular flexibility index (Phi) is 8.99. The van der Waals surface area contributed by atoms with E-state index in [4.69, 9.17) is 11.6 Å². The topological polar surface area (TPSA) is 0 Å². The zero-order chi connectivity index (χ0) is 13.9. The number of unbranched alkanes of at least 4 members (excludes halogenated alkanes) is 6. The highest BCUT2D eigenvalue weighted by atomic mass is 35.5. The predicted molar refractivity (Wildman–Crippen MR) is 87.1 cm³/mol. The highest BCUT2D eigenvalue weighted by Crippen LogP contribution is 2.27. The molecule has 0 aliphatic rings. The van der Waals surface area contributed by atoms with Crippen LogP contribution in [0.3, 0.4) is 0 Å². The average molecular weight is 281 g/mol. The minimum Gasteiger partial charge on any atom is -0.0843 e. The Balaban J connectivity index is 2.20. The van der Waals surface area contributed by atoms with Crippen LogP contribution in [0, 0.1) is 0 Å². The van der Waals surface area contributed by atoms with Crippen molar-refractivity contribution in [3.05, 3.63) is 34.9 Å². The summed E-state index contributed by atoms with van der Waals surface area (Å²) in [5.74, 6) is 0.716. The van der Waals surface area contributed by atoms with E-state index in [1.807, 2.05) is 12.1 Å². The molecule has 1 aromatic rings. The molecule has 1 unspecified atom stereocenters. The molecule has 0 N–H and O–H groups in total.